The van der Waals surface area contributed by atoms with E-state index in [1.807, 2.05) is 0 Å². The van der Waals surface area contributed by atoms with Crippen LogP contribution in [0.1, 0.15) is 13.8 Å². The average Bonchev–Trinajstić information content (AvgIpc) is 2.36. The van der Waals surface area contributed by atoms with Crippen molar-refractivity contribution in [2.45, 2.75) is 13.8 Å². The summed E-state index contributed by atoms with van der Waals surface area (Å²) in [5.74, 6) is -0.792. The van der Waals surface area contributed by atoms with Crippen LogP contribution < -0.4 is 10.1 Å². The van der Waals surface area contributed by atoms with Gasteiger partial charge in [0.15, 0.2) is 11.6 Å². The molecule has 1 unspecified atom stereocenters. The first-order valence-corrected chi connectivity index (χ1v) is 5.82. The Balaban J connectivity index is 2.53. The maximum absolute atomic E-state index is 13.4. The number of benzene rings is 1. The molecule has 0 radical (unpaired) electrons. The minimum absolute atomic E-state index is 0.194. The van der Waals surface area contributed by atoms with Crippen molar-refractivity contribution in [3.8, 4) is 5.75 Å². The largest absolute Gasteiger partial charge is 0.494 e. The monoisotopic (exact) mass is 255 g/mol. The summed E-state index contributed by atoms with van der Waals surface area (Å²) in [5.41, 5.74) is 0.601. The molecule has 1 aromatic rings. The summed E-state index contributed by atoms with van der Waals surface area (Å²) in [7, 11) is 1.41. The van der Waals surface area contributed by atoms with Crippen LogP contribution in [0.3, 0.4) is 0 Å². The Morgan fingerprint density at radius 2 is 2.22 bits per heavy atom. The lowest BCUT2D eigenvalue weighted by Gasteiger charge is -2.13. The van der Waals surface area contributed by atoms with Crippen LogP contribution in [0.15, 0.2) is 18.2 Å². The van der Waals surface area contributed by atoms with Gasteiger partial charge in [-0.05, 0) is 19.1 Å². The molecule has 0 saturated heterocycles. The summed E-state index contributed by atoms with van der Waals surface area (Å²) >= 11 is 0. The second-order valence-corrected chi connectivity index (χ2v) is 3.88. The predicted octanol–water partition coefficient (Wildman–Crippen LogP) is 2.45. The van der Waals surface area contributed by atoms with Crippen LogP contribution in [0, 0.1) is 11.7 Å². The summed E-state index contributed by atoms with van der Waals surface area (Å²) in [6.45, 7) is 4.27. The topological polar surface area (TPSA) is 47.6 Å². The number of hydrogen-bond donors (Lipinski definition) is 1. The molecule has 100 valence electrons. The Morgan fingerprint density at radius 1 is 1.50 bits per heavy atom. The van der Waals surface area contributed by atoms with Crippen LogP contribution in [0.4, 0.5) is 10.1 Å². The van der Waals surface area contributed by atoms with Crippen molar-refractivity contribution in [2.75, 3.05) is 25.6 Å². The number of anilines is 1. The van der Waals surface area contributed by atoms with Crippen molar-refractivity contribution >= 4 is 11.7 Å². The Kier molecular flexibility index (Phi) is 5.42. The standard InChI is InChI=1S/C13H18FNO3/c1-4-18-13(16)9(2)8-15-10-5-6-12(17-3)11(14)7-10/h5-7,9,15H,4,8H2,1-3H3. The quantitative estimate of drug-likeness (QED) is 0.793. The van der Waals surface area contributed by atoms with Gasteiger partial charge in [-0.1, -0.05) is 6.92 Å². The summed E-state index contributed by atoms with van der Waals surface area (Å²) in [4.78, 5) is 11.4. The van der Waals surface area contributed by atoms with Gasteiger partial charge in [-0.25, -0.2) is 4.39 Å². The zero-order chi connectivity index (χ0) is 13.5. The highest BCUT2D eigenvalue weighted by atomic mass is 19.1. The van der Waals surface area contributed by atoms with Crippen molar-refractivity contribution in [2.24, 2.45) is 5.92 Å². The molecular weight excluding hydrogens is 237 g/mol. The number of hydrogen-bond acceptors (Lipinski definition) is 4. The van der Waals surface area contributed by atoms with E-state index in [9.17, 15) is 9.18 Å². The lowest BCUT2D eigenvalue weighted by atomic mass is 10.2. The second-order valence-electron chi connectivity index (χ2n) is 3.88. The fourth-order valence-corrected chi connectivity index (χ4v) is 1.42. The Bertz CT molecular complexity index is 409. The molecule has 0 aliphatic rings. The van der Waals surface area contributed by atoms with Gasteiger partial charge in [0.2, 0.25) is 0 Å². The van der Waals surface area contributed by atoms with Gasteiger partial charge in [0.05, 0.1) is 19.6 Å². The molecule has 0 aliphatic heterocycles. The van der Waals surface area contributed by atoms with E-state index in [-0.39, 0.29) is 17.6 Å². The van der Waals surface area contributed by atoms with Gasteiger partial charge in [-0.3, -0.25) is 4.79 Å². The van der Waals surface area contributed by atoms with E-state index in [1.54, 1.807) is 19.9 Å². The molecule has 0 spiro atoms. The van der Waals surface area contributed by atoms with Gasteiger partial charge in [0.25, 0.3) is 0 Å². The van der Waals surface area contributed by atoms with E-state index < -0.39 is 5.82 Å². The molecule has 5 heteroatoms. The zero-order valence-electron chi connectivity index (χ0n) is 10.8. The first-order valence-electron chi connectivity index (χ1n) is 5.82. The second kappa shape index (κ2) is 6.83. The van der Waals surface area contributed by atoms with Crippen LogP contribution in [-0.4, -0.2) is 26.2 Å². The Morgan fingerprint density at radius 3 is 2.78 bits per heavy atom. The number of nitrogens with one attached hydrogen (secondary N) is 1. The molecule has 0 heterocycles. The smallest absolute Gasteiger partial charge is 0.310 e. The molecule has 0 saturated carbocycles. The minimum atomic E-state index is -0.439. The first kappa shape index (κ1) is 14.3. The number of rotatable bonds is 6. The van der Waals surface area contributed by atoms with E-state index in [1.165, 1.54) is 19.2 Å². The Hall–Kier alpha value is -1.78. The van der Waals surface area contributed by atoms with E-state index in [0.717, 1.165) is 0 Å². The molecule has 0 fully saturated rings. The van der Waals surface area contributed by atoms with Gasteiger partial charge < -0.3 is 14.8 Å². The molecule has 0 bridgehead atoms. The molecule has 1 aromatic carbocycles. The number of carbonyl (C=O) groups excluding carboxylic acids is 1. The van der Waals surface area contributed by atoms with Crippen LogP contribution >= 0.6 is 0 Å². The fraction of sp³-hybridized carbons (Fsp3) is 0.462. The number of esters is 1. The average molecular weight is 255 g/mol. The van der Waals surface area contributed by atoms with Gasteiger partial charge in [0.1, 0.15) is 0 Å². The molecule has 0 aromatic heterocycles. The molecule has 18 heavy (non-hydrogen) atoms. The van der Waals surface area contributed by atoms with Crippen LogP contribution in [0.5, 0.6) is 5.75 Å². The third-order valence-electron chi connectivity index (χ3n) is 2.45. The van der Waals surface area contributed by atoms with Crippen LogP contribution in [-0.2, 0) is 9.53 Å². The maximum atomic E-state index is 13.4. The molecule has 1 atom stereocenters. The zero-order valence-corrected chi connectivity index (χ0v) is 10.8. The highest BCUT2D eigenvalue weighted by Gasteiger charge is 2.13. The molecule has 0 aliphatic carbocycles. The minimum Gasteiger partial charge on any atom is -0.494 e. The van der Waals surface area contributed by atoms with E-state index >= 15 is 0 Å². The first-order chi connectivity index (χ1) is 8.58. The van der Waals surface area contributed by atoms with Crippen molar-refractivity contribution in [1.29, 1.82) is 0 Å². The van der Waals surface area contributed by atoms with Crippen molar-refractivity contribution in [3.63, 3.8) is 0 Å². The molecule has 1 N–H and O–H groups in total. The van der Waals surface area contributed by atoms with Crippen molar-refractivity contribution in [3.05, 3.63) is 24.0 Å². The highest BCUT2D eigenvalue weighted by molar-refractivity contribution is 5.72. The van der Waals surface area contributed by atoms with Crippen molar-refractivity contribution < 1.29 is 18.7 Å². The van der Waals surface area contributed by atoms with E-state index in [2.05, 4.69) is 5.32 Å². The highest BCUT2D eigenvalue weighted by Crippen LogP contribution is 2.20. The number of halogens is 1. The number of carbonyl (C=O) groups is 1. The lowest BCUT2D eigenvalue weighted by molar-refractivity contribution is -0.146. The third-order valence-corrected chi connectivity index (χ3v) is 2.45. The lowest BCUT2D eigenvalue weighted by Crippen LogP contribution is -2.22. The Labute approximate surface area is 106 Å². The summed E-state index contributed by atoms with van der Waals surface area (Å²) in [5, 5.41) is 2.98. The van der Waals surface area contributed by atoms with Crippen LogP contribution in [0.25, 0.3) is 0 Å². The van der Waals surface area contributed by atoms with Gasteiger partial charge >= 0.3 is 5.97 Å². The third kappa shape index (κ3) is 3.91. The summed E-state index contributed by atoms with van der Waals surface area (Å²) in [6.07, 6.45) is 0. The normalized spacial score (nSPS) is 11.8. The molecule has 0 amide bonds. The van der Waals surface area contributed by atoms with E-state index in [4.69, 9.17) is 9.47 Å². The van der Waals surface area contributed by atoms with E-state index in [0.29, 0.717) is 18.8 Å². The predicted molar refractivity (Wildman–Crippen MR) is 67.2 cm³/mol. The van der Waals surface area contributed by atoms with Crippen LogP contribution in [0.2, 0.25) is 0 Å². The number of methoxy groups -OCH3 is 1. The summed E-state index contributed by atoms with van der Waals surface area (Å²) < 4.78 is 23.1. The van der Waals surface area contributed by atoms with Gasteiger partial charge in [0, 0.05) is 18.3 Å². The molecule has 1 rings (SSSR count). The fourth-order valence-electron chi connectivity index (χ4n) is 1.42. The number of ether oxygens (including phenoxy) is 2. The van der Waals surface area contributed by atoms with Gasteiger partial charge in [-0.2, -0.15) is 0 Å². The molecular formula is C13H18FNO3. The molecule has 4 nitrogen and oxygen atoms in total. The summed E-state index contributed by atoms with van der Waals surface area (Å²) in [6, 6.07) is 4.56. The maximum Gasteiger partial charge on any atom is 0.310 e. The van der Waals surface area contributed by atoms with Crippen molar-refractivity contribution in [1.82, 2.24) is 0 Å². The SMILES string of the molecule is CCOC(=O)C(C)CNc1ccc(OC)c(F)c1. The van der Waals surface area contributed by atoms with Gasteiger partial charge in [-0.15, -0.1) is 0 Å².